The van der Waals surface area contributed by atoms with Crippen molar-refractivity contribution in [3.05, 3.63) is 71.4 Å². The molecule has 0 saturated carbocycles. The lowest BCUT2D eigenvalue weighted by molar-refractivity contribution is -0.109. The van der Waals surface area contributed by atoms with Gasteiger partial charge in [0.15, 0.2) is 0 Å². The van der Waals surface area contributed by atoms with Gasteiger partial charge in [0.2, 0.25) is 0 Å². The normalized spacial score (nSPS) is 13.2. The topological polar surface area (TPSA) is 48.3 Å². The standard InChI is InChI=1S/C27H33NO3/c1-26(2,3)21-15-12-19(13-16-21)11-14-20(18-29)23-17-28(25(30)31-27(4,5)6)24-10-8-7-9-22(23)24/h7-10,12-13,15-18,20H,11,14H2,1-6H3. The molecule has 0 N–H and O–H groups in total. The Kier molecular flexibility index (Phi) is 6.40. The van der Waals surface area contributed by atoms with Crippen molar-refractivity contribution in [2.45, 2.75) is 71.3 Å². The average molecular weight is 420 g/mol. The lowest BCUT2D eigenvalue weighted by Crippen LogP contribution is -2.26. The van der Waals surface area contributed by atoms with Crippen LogP contribution in [0, 0.1) is 0 Å². The summed E-state index contributed by atoms with van der Waals surface area (Å²) >= 11 is 0. The Labute approximate surface area is 185 Å². The number of carbonyl (C=O) groups is 2. The average Bonchev–Trinajstić information content (AvgIpc) is 3.07. The SMILES string of the molecule is CC(C)(C)OC(=O)n1cc(C(C=O)CCc2ccc(C(C)(C)C)cc2)c2ccccc21. The lowest BCUT2D eigenvalue weighted by Gasteiger charge is -2.19. The Balaban J connectivity index is 1.85. The number of aromatic nitrogens is 1. The van der Waals surface area contributed by atoms with Gasteiger partial charge in [0.1, 0.15) is 11.9 Å². The van der Waals surface area contributed by atoms with Gasteiger partial charge in [-0.3, -0.25) is 4.57 Å². The van der Waals surface area contributed by atoms with Crippen molar-refractivity contribution in [3.63, 3.8) is 0 Å². The number of rotatable bonds is 5. The molecule has 3 rings (SSSR count). The maximum Gasteiger partial charge on any atom is 0.419 e. The van der Waals surface area contributed by atoms with Crippen LogP contribution in [0.5, 0.6) is 0 Å². The maximum absolute atomic E-state index is 12.7. The second-order valence-electron chi connectivity index (χ2n) is 10.2. The molecule has 1 atom stereocenters. The highest BCUT2D eigenvalue weighted by Gasteiger charge is 2.23. The third-order valence-electron chi connectivity index (χ3n) is 5.46. The second kappa shape index (κ2) is 8.70. The number of carbonyl (C=O) groups excluding carboxylic acids is 2. The van der Waals surface area contributed by atoms with E-state index in [2.05, 4.69) is 45.0 Å². The summed E-state index contributed by atoms with van der Waals surface area (Å²) in [6.07, 6.45) is 3.79. The minimum atomic E-state index is -0.591. The molecule has 164 valence electrons. The largest absolute Gasteiger partial charge is 0.443 e. The molecule has 4 heteroatoms. The lowest BCUT2D eigenvalue weighted by atomic mass is 9.86. The van der Waals surface area contributed by atoms with E-state index in [-0.39, 0.29) is 11.3 Å². The summed E-state index contributed by atoms with van der Waals surface area (Å²) in [5.41, 5.74) is 3.65. The molecule has 0 amide bonds. The smallest absolute Gasteiger partial charge is 0.419 e. The number of para-hydroxylation sites is 1. The number of nitrogens with zero attached hydrogens (tertiary/aromatic N) is 1. The van der Waals surface area contributed by atoms with Gasteiger partial charge in [-0.25, -0.2) is 4.79 Å². The first-order chi connectivity index (χ1) is 14.5. The predicted octanol–water partition coefficient (Wildman–Crippen LogP) is 6.64. The monoisotopic (exact) mass is 419 g/mol. The molecule has 1 unspecified atom stereocenters. The zero-order valence-electron chi connectivity index (χ0n) is 19.4. The molecule has 1 aromatic heterocycles. The molecular formula is C27H33NO3. The Morgan fingerprint density at radius 2 is 1.65 bits per heavy atom. The van der Waals surface area contributed by atoms with E-state index in [0.29, 0.717) is 6.42 Å². The first kappa shape index (κ1) is 22.8. The quantitative estimate of drug-likeness (QED) is 0.436. The summed E-state index contributed by atoms with van der Waals surface area (Å²) in [5, 5.41) is 0.911. The van der Waals surface area contributed by atoms with Crippen LogP contribution in [0.3, 0.4) is 0 Å². The molecule has 1 heterocycles. The minimum absolute atomic E-state index is 0.118. The molecule has 0 aliphatic heterocycles. The highest BCUT2D eigenvalue weighted by atomic mass is 16.6. The minimum Gasteiger partial charge on any atom is -0.443 e. The molecule has 0 aliphatic carbocycles. The zero-order chi connectivity index (χ0) is 22.8. The number of fused-ring (bicyclic) bond motifs is 1. The molecule has 31 heavy (non-hydrogen) atoms. The van der Waals surface area contributed by atoms with E-state index in [4.69, 9.17) is 4.74 Å². The van der Waals surface area contributed by atoms with Crippen molar-refractivity contribution in [3.8, 4) is 0 Å². The van der Waals surface area contributed by atoms with Gasteiger partial charge in [0.25, 0.3) is 0 Å². The van der Waals surface area contributed by atoms with Crippen molar-refractivity contribution in [2.75, 3.05) is 0 Å². The van der Waals surface area contributed by atoms with Crippen molar-refractivity contribution in [1.29, 1.82) is 0 Å². The van der Waals surface area contributed by atoms with Gasteiger partial charge in [-0.05, 0) is 61.8 Å². The Bertz CT molecular complexity index is 1060. The fourth-order valence-corrected chi connectivity index (χ4v) is 3.75. The van der Waals surface area contributed by atoms with E-state index >= 15 is 0 Å². The van der Waals surface area contributed by atoms with Crippen LogP contribution in [0.25, 0.3) is 10.9 Å². The molecule has 0 spiro atoms. The number of aryl methyl sites for hydroxylation is 1. The fourth-order valence-electron chi connectivity index (χ4n) is 3.75. The Hall–Kier alpha value is -2.88. The molecule has 0 fully saturated rings. The Morgan fingerprint density at radius 3 is 2.23 bits per heavy atom. The van der Waals surface area contributed by atoms with Crippen molar-refractivity contribution in [1.82, 2.24) is 4.57 Å². The van der Waals surface area contributed by atoms with Gasteiger partial charge in [0.05, 0.1) is 5.52 Å². The second-order valence-corrected chi connectivity index (χ2v) is 10.2. The molecule has 0 aliphatic rings. The van der Waals surface area contributed by atoms with Crippen LogP contribution in [0.4, 0.5) is 4.79 Å². The van der Waals surface area contributed by atoms with E-state index in [1.165, 1.54) is 15.7 Å². The third kappa shape index (κ3) is 5.43. The van der Waals surface area contributed by atoms with Crippen LogP contribution in [0.15, 0.2) is 54.7 Å². The molecule has 0 bridgehead atoms. The van der Waals surface area contributed by atoms with Crippen LogP contribution in [0.1, 0.15) is 70.6 Å². The van der Waals surface area contributed by atoms with E-state index in [9.17, 15) is 9.59 Å². The van der Waals surface area contributed by atoms with Crippen molar-refractivity contribution in [2.24, 2.45) is 0 Å². The summed E-state index contributed by atoms with van der Waals surface area (Å²) in [6, 6.07) is 16.3. The van der Waals surface area contributed by atoms with Gasteiger partial charge >= 0.3 is 6.09 Å². The maximum atomic E-state index is 12.7. The van der Waals surface area contributed by atoms with E-state index in [1.54, 1.807) is 6.20 Å². The van der Waals surface area contributed by atoms with Crippen molar-refractivity contribution >= 4 is 23.3 Å². The van der Waals surface area contributed by atoms with Crippen LogP contribution < -0.4 is 0 Å². The first-order valence-corrected chi connectivity index (χ1v) is 10.9. The molecular weight excluding hydrogens is 386 g/mol. The predicted molar refractivity (Wildman–Crippen MR) is 126 cm³/mol. The number of aldehydes is 1. The summed E-state index contributed by atoms with van der Waals surface area (Å²) in [5.74, 6) is -0.295. The van der Waals surface area contributed by atoms with Crippen LogP contribution in [-0.4, -0.2) is 22.5 Å². The summed E-state index contributed by atoms with van der Waals surface area (Å²) in [6.45, 7) is 12.1. The van der Waals surface area contributed by atoms with E-state index in [0.717, 1.165) is 29.2 Å². The summed E-state index contributed by atoms with van der Waals surface area (Å²) < 4.78 is 7.08. The van der Waals surface area contributed by atoms with E-state index < -0.39 is 11.7 Å². The Morgan fingerprint density at radius 1 is 1.00 bits per heavy atom. The van der Waals surface area contributed by atoms with Crippen LogP contribution in [0.2, 0.25) is 0 Å². The number of hydrogen-bond donors (Lipinski definition) is 0. The van der Waals surface area contributed by atoms with Gasteiger partial charge in [0, 0.05) is 17.5 Å². The van der Waals surface area contributed by atoms with Crippen LogP contribution in [-0.2, 0) is 21.4 Å². The van der Waals surface area contributed by atoms with Gasteiger partial charge in [-0.2, -0.15) is 0 Å². The highest BCUT2D eigenvalue weighted by molar-refractivity contribution is 5.94. The molecule has 3 aromatic rings. The van der Waals surface area contributed by atoms with Crippen LogP contribution >= 0.6 is 0 Å². The van der Waals surface area contributed by atoms with Gasteiger partial charge in [-0.15, -0.1) is 0 Å². The molecule has 4 nitrogen and oxygen atoms in total. The van der Waals surface area contributed by atoms with E-state index in [1.807, 2.05) is 45.0 Å². The summed E-state index contributed by atoms with van der Waals surface area (Å²) in [7, 11) is 0. The first-order valence-electron chi connectivity index (χ1n) is 10.9. The van der Waals surface area contributed by atoms with Gasteiger partial charge in [-0.1, -0.05) is 63.2 Å². The zero-order valence-corrected chi connectivity index (χ0v) is 19.4. The molecule has 0 radical (unpaired) electrons. The molecule has 0 saturated heterocycles. The molecule has 2 aromatic carbocycles. The fraction of sp³-hybridized carbons (Fsp3) is 0.407. The van der Waals surface area contributed by atoms with Gasteiger partial charge < -0.3 is 9.53 Å². The van der Waals surface area contributed by atoms with Crippen molar-refractivity contribution < 1.29 is 14.3 Å². The number of benzene rings is 2. The summed E-state index contributed by atoms with van der Waals surface area (Å²) in [4.78, 5) is 24.8. The highest BCUT2D eigenvalue weighted by Crippen LogP contribution is 2.31. The number of ether oxygens (including phenoxy) is 1. The number of hydrogen-bond acceptors (Lipinski definition) is 3. The third-order valence-corrected chi connectivity index (χ3v) is 5.46.